The summed E-state index contributed by atoms with van der Waals surface area (Å²) < 4.78 is 1.68. The van der Waals surface area contributed by atoms with Crippen molar-refractivity contribution >= 4 is 17.2 Å². The van der Waals surface area contributed by atoms with Crippen LogP contribution in [0.4, 0.5) is 0 Å². The monoisotopic (exact) mass is 210 g/mol. The molecule has 0 aliphatic heterocycles. The van der Waals surface area contributed by atoms with Crippen LogP contribution in [0.15, 0.2) is 23.0 Å². The Bertz CT molecular complexity index is 397. The second-order valence-electron chi connectivity index (χ2n) is 3.42. The first-order chi connectivity index (χ1) is 6.52. The summed E-state index contributed by atoms with van der Waals surface area (Å²) in [6, 6.07) is 5.19. The van der Waals surface area contributed by atoms with Crippen LogP contribution < -0.4 is 11.3 Å². The highest BCUT2D eigenvalue weighted by Crippen LogP contribution is 2.01. The molecule has 0 saturated carbocycles. The second kappa shape index (κ2) is 4.37. The minimum Gasteiger partial charge on any atom is -0.393 e. The SMILES string of the molecule is Cc1cccc(=O)n1CC(C)C(N)=S. The third-order valence-corrected chi connectivity index (χ3v) is 2.61. The molecule has 4 heteroatoms. The van der Waals surface area contributed by atoms with Gasteiger partial charge in [-0.15, -0.1) is 0 Å². The van der Waals surface area contributed by atoms with Crippen molar-refractivity contribution in [2.45, 2.75) is 20.4 Å². The fourth-order valence-corrected chi connectivity index (χ4v) is 1.30. The van der Waals surface area contributed by atoms with E-state index in [1.165, 1.54) is 0 Å². The average molecular weight is 210 g/mol. The summed E-state index contributed by atoms with van der Waals surface area (Å²) in [6.45, 7) is 4.37. The maximum atomic E-state index is 11.5. The van der Waals surface area contributed by atoms with Crippen molar-refractivity contribution in [1.82, 2.24) is 4.57 Å². The van der Waals surface area contributed by atoms with E-state index in [0.29, 0.717) is 11.5 Å². The van der Waals surface area contributed by atoms with Crippen molar-refractivity contribution in [3.05, 3.63) is 34.2 Å². The smallest absolute Gasteiger partial charge is 0.250 e. The van der Waals surface area contributed by atoms with Gasteiger partial charge in [-0.05, 0) is 13.0 Å². The third-order valence-electron chi connectivity index (χ3n) is 2.21. The summed E-state index contributed by atoms with van der Waals surface area (Å²) in [5.41, 5.74) is 6.42. The Morgan fingerprint density at radius 1 is 1.64 bits per heavy atom. The standard InChI is InChI=1S/C10H14N2OS/c1-7(10(11)14)6-12-8(2)4-3-5-9(12)13/h3-5,7H,6H2,1-2H3,(H2,11,14). The minimum absolute atomic E-state index is 0.00639. The van der Waals surface area contributed by atoms with Crippen LogP contribution in [0.5, 0.6) is 0 Å². The maximum Gasteiger partial charge on any atom is 0.250 e. The molecule has 0 radical (unpaired) electrons. The van der Waals surface area contributed by atoms with Crippen LogP contribution in [0.1, 0.15) is 12.6 Å². The van der Waals surface area contributed by atoms with E-state index in [4.69, 9.17) is 18.0 Å². The van der Waals surface area contributed by atoms with Gasteiger partial charge in [0.05, 0.1) is 4.99 Å². The van der Waals surface area contributed by atoms with E-state index in [-0.39, 0.29) is 11.5 Å². The van der Waals surface area contributed by atoms with Gasteiger partial charge < -0.3 is 10.3 Å². The zero-order chi connectivity index (χ0) is 10.7. The van der Waals surface area contributed by atoms with Gasteiger partial charge in [0.1, 0.15) is 0 Å². The van der Waals surface area contributed by atoms with E-state index in [0.717, 1.165) is 5.69 Å². The normalized spacial score (nSPS) is 12.4. The lowest BCUT2D eigenvalue weighted by Gasteiger charge is -2.13. The van der Waals surface area contributed by atoms with E-state index in [1.54, 1.807) is 16.7 Å². The van der Waals surface area contributed by atoms with Crippen molar-refractivity contribution in [2.24, 2.45) is 11.7 Å². The van der Waals surface area contributed by atoms with Crippen molar-refractivity contribution in [2.75, 3.05) is 0 Å². The summed E-state index contributed by atoms with van der Waals surface area (Å²) in [5.74, 6) is 0.0452. The molecular formula is C10H14N2OS. The van der Waals surface area contributed by atoms with E-state index < -0.39 is 0 Å². The summed E-state index contributed by atoms with van der Waals surface area (Å²) in [4.78, 5) is 11.9. The number of aromatic nitrogens is 1. The fraction of sp³-hybridized carbons (Fsp3) is 0.400. The molecule has 2 N–H and O–H groups in total. The third kappa shape index (κ3) is 2.42. The topological polar surface area (TPSA) is 48.0 Å². The predicted molar refractivity (Wildman–Crippen MR) is 61.4 cm³/mol. The molecule has 1 atom stereocenters. The summed E-state index contributed by atoms with van der Waals surface area (Å²) >= 11 is 4.87. The molecule has 14 heavy (non-hydrogen) atoms. The minimum atomic E-state index is -0.00639. The molecule has 0 aliphatic rings. The van der Waals surface area contributed by atoms with Gasteiger partial charge in [0.2, 0.25) is 0 Å². The summed E-state index contributed by atoms with van der Waals surface area (Å²) in [5, 5.41) is 0. The molecule has 76 valence electrons. The fourth-order valence-electron chi connectivity index (χ4n) is 1.22. The Morgan fingerprint density at radius 2 is 2.29 bits per heavy atom. The Balaban J connectivity index is 2.97. The Kier molecular flexibility index (Phi) is 3.41. The van der Waals surface area contributed by atoms with Crippen LogP contribution in [0.2, 0.25) is 0 Å². The van der Waals surface area contributed by atoms with Gasteiger partial charge in [-0.1, -0.05) is 25.2 Å². The Labute approximate surface area is 88.5 Å². The highest BCUT2D eigenvalue weighted by atomic mass is 32.1. The molecule has 0 bridgehead atoms. The molecule has 0 spiro atoms. The lowest BCUT2D eigenvalue weighted by Crippen LogP contribution is -2.29. The number of hydrogen-bond donors (Lipinski definition) is 1. The van der Waals surface area contributed by atoms with Gasteiger partial charge in [0, 0.05) is 24.2 Å². The van der Waals surface area contributed by atoms with Crippen LogP contribution in [-0.4, -0.2) is 9.56 Å². The molecule has 0 aromatic carbocycles. The quantitative estimate of drug-likeness (QED) is 0.759. The van der Waals surface area contributed by atoms with Gasteiger partial charge in [0.25, 0.3) is 5.56 Å². The average Bonchev–Trinajstić information content (AvgIpc) is 2.11. The number of rotatable bonds is 3. The zero-order valence-electron chi connectivity index (χ0n) is 8.36. The first-order valence-electron chi connectivity index (χ1n) is 4.48. The van der Waals surface area contributed by atoms with Crippen LogP contribution in [0, 0.1) is 12.8 Å². The van der Waals surface area contributed by atoms with Crippen LogP contribution in [0.3, 0.4) is 0 Å². The Morgan fingerprint density at radius 3 is 2.79 bits per heavy atom. The van der Waals surface area contributed by atoms with Crippen molar-refractivity contribution in [1.29, 1.82) is 0 Å². The first kappa shape index (κ1) is 10.9. The predicted octanol–water partition coefficient (Wildman–Crippen LogP) is 1.08. The number of nitrogens with two attached hydrogens (primary N) is 1. The number of pyridine rings is 1. The second-order valence-corrected chi connectivity index (χ2v) is 3.89. The van der Waals surface area contributed by atoms with E-state index in [2.05, 4.69) is 0 Å². The maximum absolute atomic E-state index is 11.5. The molecule has 1 aromatic rings. The molecular weight excluding hydrogens is 196 g/mol. The Hall–Kier alpha value is -1.16. The number of aryl methyl sites for hydroxylation is 1. The molecule has 0 aliphatic carbocycles. The van der Waals surface area contributed by atoms with Crippen LogP contribution >= 0.6 is 12.2 Å². The van der Waals surface area contributed by atoms with Gasteiger partial charge >= 0.3 is 0 Å². The van der Waals surface area contributed by atoms with Crippen LogP contribution in [0.25, 0.3) is 0 Å². The zero-order valence-corrected chi connectivity index (χ0v) is 9.17. The van der Waals surface area contributed by atoms with Crippen molar-refractivity contribution in [3.63, 3.8) is 0 Å². The highest BCUT2D eigenvalue weighted by molar-refractivity contribution is 7.80. The number of thiocarbonyl (C=S) groups is 1. The van der Waals surface area contributed by atoms with Gasteiger partial charge in [0.15, 0.2) is 0 Å². The molecule has 0 fully saturated rings. The lowest BCUT2D eigenvalue weighted by atomic mass is 10.2. The number of hydrogen-bond acceptors (Lipinski definition) is 2. The molecule has 1 unspecified atom stereocenters. The largest absolute Gasteiger partial charge is 0.393 e. The van der Waals surface area contributed by atoms with E-state index in [9.17, 15) is 4.79 Å². The van der Waals surface area contributed by atoms with Crippen LogP contribution in [-0.2, 0) is 6.54 Å². The first-order valence-corrected chi connectivity index (χ1v) is 4.89. The summed E-state index contributed by atoms with van der Waals surface area (Å²) in [6.07, 6.45) is 0. The molecule has 1 heterocycles. The molecule has 3 nitrogen and oxygen atoms in total. The lowest BCUT2D eigenvalue weighted by molar-refractivity contribution is 0.568. The van der Waals surface area contributed by atoms with Crippen molar-refractivity contribution in [3.8, 4) is 0 Å². The van der Waals surface area contributed by atoms with Gasteiger partial charge in [-0.2, -0.15) is 0 Å². The molecule has 0 amide bonds. The van der Waals surface area contributed by atoms with Gasteiger partial charge in [-0.3, -0.25) is 4.79 Å². The molecule has 1 rings (SSSR count). The van der Waals surface area contributed by atoms with E-state index in [1.807, 2.05) is 19.9 Å². The van der Waals surface area contributed by atoms with Crippen molar-refractivity contribution < 1.29 is 0 Å². The number of nitrogens with zero attached hydrogens (tertiary/aromatic N) is 1. The highest BCUT2D eigenvalue weighted by Gasteiger charge is 2.08. The molecule has 0 saturated heterocycles. The summed E-state index contributed by atoms with van der Waals surface area (Å²) in [7, 11) is 0. The molecule has 1 aromatic heterocycles. The van der Waals surface area contributed by atoms with E-state index >= 15 is 0 Å². The van der Waals surface area contributed by atoms with Gasteiger partial charge in [-0.25, -0.2) is 0 Å².